The number of aromatic nitrogens is 2. The number of imidazole rings is 1. The molecule has 160 valence electrons. The molecule has 5 heteroatoms. The lowest BCUT2D eigenvalue weighted by Gasteiger charge is -2.34. The summed E-state index contributed by atoms with van der Waals surface area (Å²) < 4.78 is 5.51. The highest BCUT2D eigenvalue weighted by molar-refractivity contribution is 5.33. The van der Waals surface area contributed by atoms with E-state index in [9.17, 15) is 0 Å². The molecule has 1 N–H and O–H groups in total. The van der Waals surface area contributed by atoms with Gasteiger partial charge in [0.15, 0.2) is 0 Å². The first-order valence-corrected chi connectivity index (χ1v) is 11.2. The van der Waals surface area contributed by atoms with Gasteiger partial charge in [-0.3, -0.25) is 0 Å². The number of aryl methyl sites for hydroxylation is 1. The number of unbranched alkanes of at least 4 members (excludes halogenated alkanes) is 1. The van der Waals surface area contributed by atoms with Crippen LogP contribution in [-0.2, 0) is 19.4 Å². The van der Waals surface area contributed by atoms with E-state index in [0.717, 1.165) is 50.0 Å². The minimum absolute atomic E-state index is 0.744. The standard InChI is InChI=1S/C24H38N4O/c1-4-5-12-24-25-16-22(26-24)19-27(2)17-20-9-8-14-28(18-20)15-13-21-10-6-7-11-23(21)29-3/h6-7,10-11,16,20H,4-5,8-9,12-15,17-19H2,1-3H3,(H,25,26)/t20-/m0/s1. The number of nitrogens with one attached hydrogen (secondary N) is 1. The van der Waals surface area contributed by atoms with Gasteiger partial charge in [-0.15, -0.1) is 0 Å². The Morgan fingerprint density at radius 3 is 2.97 bits per heavy atom. The van der Waals surface area contributed by atoms with Crippen LogP contribution in [0.2, 0.25) is 0 Å². The largest absolute Gasteiger partial charge is 0.496 e. The fraction of sp³-hybridized carbons (Fsp3) is 0.625. The predicted octanol–water partition coefficient (Wildman–Crippen LogP) is 4.15. The van der Waals surface area contributed by atoms with Crippen molar-refractivity contribution in [2.45, 2.75) is 52.0 Å². The van der Waals surface area contributed by atoms with Crippen LogP contribution in [0.5, 0.6) is 5.75 Å². The van der Waals surface area contributed by atoms with Gasteiger partial charge < -0.3 is 19.5 Å². The van der Waals surface area contributed by atoms with E-state index in [1.807, 2.05) is 12.3 Å². The number of hydrogen-bond donors (Lipinski definition) is 1. The van der Waals surface area contributed by atoms with E-state index < -0.39 is 0 Å². The molecule has 3 rings (SSSR count). The average molecular weight is 399 g/mol. The zero-order valence-corrected chi connectivity index (χ0v) is 18.5. The summed E-state index contributed by atoms with van der Waals surface area (Å²) in [6.07, 6.45) is 9.18. The predicted molar refractivity (Wildman–Crippen MR) is 119 cm³/mol. The number of para-hydroxylation sites is 1. The zero-order chi connectivity index (χ0) is 20.5. The van der Waals surface area contributed by atoms with Gasteiger partial charge in [0.25, 0.3) is 0 Å². The van der Waals surface area contributed by atoms with Crippen molar-refractivity contribution in [1.82, 2.24) is 19.8 Å². The number of likely N-dealkylation sites (tertiary alicyclic amines) is 1. The molecule has 2 aromatic rings. The molecule has 1 fully saturated rings. The van der Waals surface area contributed by atoms with Crippen LogP contribution in [0.4, 0.5) is 0 Å². The number of ether oxygens (including phenoxy) is 1. The minimum Gasteiger partial charge on any atom is -0.496 e. The maximum Gasteiger partial charge on any atom is 0.122 e. The summed E-state index contributed by atoms with van der Waals surface area (Å²) in [5.41, 5.74) is 2.55. The summed E-state index contributed by atoms with van der Waals surface area (Å²) in [5, 5.41) is 0. The maximum absolute atomic E-state index is 5.51. The van der Waals surface area contributed by atoms with Gasteiger partial charge in [0.2, 0.25) is 0 Å². The first-order valence-electron chi connectivity index (χ1n) is 11.2. The molecule has 0 saturated carbocycles. The molecule has 1 aliphatic heterocycles. The van der Waals surface area contributed by atoms with Gasteiger partial charge in [0, 0.05) is 44.5 Å². The molecule has 0 radical (unpaired) electrons. The van der Waals surface area contributed by atoms with Crippen molar-refractivity contribution in [2.24, 2.45) is 5.92 Å². The van der Waals surface area contributed by atoms with Crippen molar-refractivity contribution in [1.29, 1.82) is 0 Å². The third-order valence-corrected chi connectivity index (χ3v) is 5.95. The van der Waals surface area contributed by atoms with Crippen molar-refractivity contribution in [3.05, 3.63) is 47.5 Å². The van der Waals surface area contributed by atoms with Gasteiger partial charge in [-0.1, -0.05) is 31.5 Å². The van der Waals surface area contributed by atoms with E-state index >= 15 is 0 Å². The third kappa shape index (κ3) is 6.86. The van der Waals surface area contributed by atoms with Crippen molar-refractivity contribution in [3.8, 4) is 5.75 Å². The Bertz CT molecular complexity index is 729. The molecular formula is C24H38N4O. The molecule has 5 nitrogen and oxygen atoms in total. The number of piperidine rings is 1. The first-order chi connectivity index (χ1) is 14.2. The molecule has 1 aliphatic rings. The number of H-pyrrole nitrogens is 1. The number of hydrogen-bond acceptors (Lipinski definition) is 4. The Balaban J connectivity index is 1.43. The monoisotopic (exact) mass is 398 g/mol. The fourth-order valence-corrected chi connectivity index (χ4v) is 4.44. The highest BCUT2D eigenvalue weighted by atomic mass is 16.5. The number of rotatable bonds is 11. The Morgan fingerprint density at radius 1 is 1.28 bits per heavy atom. The zero-order valence-electron chi connectivity index (χ0n) is 18.5. The molecule has 0 bridgehead atoms. The first kappa shape index (κ1) is 21.8. The topological polar surface area (TPSA) is 44.4 Å². The van der Waals surface area contributed by atoms with E-state index in [1.165, 1.54) is 50.0 Å². The summed E-state index contributed by atoms with van der Waals surface area (Å²) in [6, 6.07) is 8.40. The number of aromatic amines is 1. The number of benzene rings is 1. The Hall–Kier alpha value is -1.85. The summed E-state index contributed by atoms with van der Waals surface area (Å²) in [5.74, 6) is 2.89. The van der Waals surface area contributed by atoms with E-state index in [4.69, 9.17) is 4.74 Å². The molecular weight excluding hydrogens is 360 g/mol. The van der Waals surface area contributed by atoms with Gasteiger partial charge in [-0.05, 0) is 56.8 Å². The lowest BCUT2D eigenvalue weighted by Crippen LogP contribution is -2.40. The van der Waals surface area contributed by atoms with Crippen LogP contribution in [0.3, 0.4) is 0 Å². The second-order valence-corrected chi connectivity index (χ2v) is 8.53. The van der Waals surface area contributed by atoms with Crippen LogP contribution in [0.25, 0.3) is 0 Å². The van der Waals surface area contributed by atoms with Gasteiger partial charge in [0.1, 0.15) is 11.6 Å². The SMILES string of the molecule is CCCCc1ncc(CN(C)C[C@@H]2CCCN(CCc3ccccc3OC)C2)[nH]1. The smallest absolute Gasteiger partial charge is 0.122 e. The van der Waals surface area contributed by atoms with Crippen LogP contribution < -0.4 is 4.74 Å². The molecule has 0 unspecified atom stereocenters. The molecule has 2 heterocycles. The molecule has 1 aromatic heterocycles. The summed E-state index contributed by atoms with van der Waals surface area (Å²) in [4.78, 5) is 13.1. The normalized spacial score (nSPS) is 17.7. The molecule has 1 aromatic carbocycles. The lowest BCUT2D eigenvalue weighted by atomic mass is 9.97. The highest BCUT2D eigenvalue weighted by Crippen LogP contribution is 2.21. The second kappa shape index (κ2) is 11.4. The van der Waals surface area contributed by atoms with E-state index in [0.29, 0.717) is 0 Å². The molecule has 0 spiro atoms. The van der Waals surface area contributed by atoms with Crippen molar-refractivity contribution < 1.29 is 4.74 Å². The van der Waals surface area contributed by atoms with Crippen molar-refractivity contribution >= 4 is 0 Å². The minimum atomic E-state index is 0.744. The highest BCUT2D eigenvalue weighted by Gasteiger charge is 2.21. The average Bonchev–Trinajstić information content (AvgIpc) is 3.18. The quantitative estimate of drug-likeness (QED) is 0.618. The van der Waals surface area contributed by atoms with Gasteiger partial charge in [-0.2, -0.15) is 0 Å². The van der Waals surface area contributed by atoms with Crippen LogP contribution in [-0.4, -0.2) is 60.1 Å². The van der Waals surface area contributed by atoms with Gasteiger partial charge in [0.05, 0.1) is 7.11 Å². The number of methoxy groups -OCH3 is 1. The van der Waals surface area contributed by atoms with Gasteiger partial charge >= 0.3 is 0 Å². The van der Waals surface area contributed by atoms with Crippen molar-refractivity contribution in [3.63, 3.8) is 0 Å². The maximum atomic E-state index is 5.51. The molecule has 1 saturated heterocycles. The van der Waals surface area contributed by atoms with E-state index in [1.54, 1.807) is 7.11 Å². The lowest BCUT2D eigenvalue weighted by molar-refractivity contribution is 0.141. The van der Waals surface area contributed by atoms with E-state index in [2.05, 4.69) is 51.9 Å². The number of nitrogens with zero attached hydrogens (tertiary/aromatic N) is 3. The van der Waals surface area contributed by atoms with Crippen molar-refractivity contribution in [2.75, 3.05) is 40.3 Å². The molecule has 29 heavy (non-hydrogen) atoms. The molecule has 0 amide bonds. The van der Waals surface area contributed by atoms with Crippen LogP contribution in [0.15, 0.2) is 30.5 Å². The van der Waals surface area contributed by atoms with Crippen LogP contribution in [0, 0.1) is 5.92 Å². The molecule has 0 aliphatic carbocycles. The second-order valence-electron chi connectivity index (χ2n) is 8.53. The van der Waals surface area contributed by atoms with Crippen LogP contribution >= 0.6 is 0 Å². The van der Waals surface area contributed by atoms with E-state index in [-0.39, 0.29) is 0 Å². The summed E-state index contributed by atoms with van der Waals surface area (Å²) in [6.45, 7) is 7.86. The Labute approximate surface area is 176 Å². The fourth-order valence-electron chi connectivity index (χ4n) is 4.44. The Kier molecular flexibility index (Phi) is 8.56. The van der Waals surface area contributed by atoms with Crippen LogP contribution in [0.1, 0.15) is 49.7 Å². The molecule has 1 atom stereocenters. The van der Waals surface area contributed by atoms with Gasteiger partial charge in [-0.25, -0.2) is 4.98 Å². The summed E-state index contributed by atoms with van der Waals surface area (Å²) >= 11 is 0. The Morgan fingerprint density at radius 2 is 2.14 bits per heavy atom. The summed E-state index contributed by atoms with van der Waals surface area (Å²) in [7, 11) is 4.00. The third-order valence-electron chi connectivity index (χ3n) is 5.95.